The molecule has 2 rings (SSSR count). The lowest BCUT2D eigenvalue weighted by Crippen LogP contribution is -2.23. The van der Waals surface area contributed by atoms with Gasteiger partial charge in [-0.3, -0.25) is 4.79 Å². The van der Waals surface area contributed by atoms with Gasteiger partial charge in [-0.25, -0.2) is 0 Å². The van der Waals surface area contributed by atoms with E-state index < -0.39 is 0 Å². The second-order valence-electron chi connectivity index (χ2n) is 6.85. The third kappa shape index (κ3) is 4.00. The molecule has 0 radical (unpaired) electrons. The Morgan fingerprint density at radius 2 is 1.50 bits per heavy atom. The van der Waals surface area contributed by atoms with Crippen molar-refractivity contribution in [3.63, 3.8) is 0 Å². The average Bonchev–Trinajstić information content (AvgIpc) is 2.51. The first kappa shape index (κ1) is 18.1. The zero-order valence-electron chi connectivity index (χ0n) is 15.2. The quantitative estimate of drug-likeness (QED) is 0.686. The normalized spacial score (nSPS) is 13.4. The van der Waals surface area contributed by atoms with Gasteiger partial charge in [0.25, 0.3) is 0 Å². The molecule has 2 nitrogen and oxygen atoms in total. The van der Waals surface area contributed by atoms with Crippen LogP contribution in [-0.2, 0) is 4.79 Å². The van der Waals surface area contributed by atoms with Crippen molar-refractivity contribution in [2.75, 3.05) is 0 Å². The average molecular weight is 322 g/mol. The van der Waals surface area contributed by atoms with E-state index in [1.165, 1.54) is 0 Å². The molecule has 0 unspecified atom stereocenters. The molecule has 2 heteroatoms. The van der Waals surface area contributed by atoms with Crippen molar-refractivity contribution in [2.45, 2.75) is 47.0 Å². The topological polar surface area (TPSA) is 34.1 Å². The summed E-state index contributed by atoms with van der Waals surface area (Å²) < 4.78 is 0. The fraction of sp³-hybridized carbons (Fsp3) is 0.364. The van der Waals surface area contributed by atoms with E-state index in [9.17, 15) is 9.59 Å². The fourth-order valence-corrected chi connectivity index (χ4v) is 3.57. The van der Waals surface area contributed by atoms with Crippen LogP contribution in [0.15, 0.2) is 42.5 Å². The summed E-state index contributed by atoms with van der Waals surface area (Å²) in [4.78, 5) is 24.9. The highest BCUT2D eigenvalue weighted by molar-refractivity contribution is 6.01. The Bertz CT molecular complexity index is 721. The smallest absolute Gasteiger partial charge is 0.166 e. The summed E-state index contributed by atoms with van der Waals surface area (Å²) in [6, 6.07) is 14.0. The van der Waals surface area contributed by atoms with Crippen LogP contribution in [0.3, 0.4) is 0 Å². The van der Waals surface area contributed by atoms with Crippen molar-refractivity contribution < 1.29 is 9.59 Å². The largest absolute Gasteiger partial charge is 0.300 e. The summed E-state index contributed by atoms with van der Waals surface area (Å²) in [5.41, 5.74) is 5.05. The van der Waals surface area contributed by atoms with Gasteiger partial charge in [0.15, 0.2) is 5.78 Å². The van der Waals surface area contributed by atoms with E-state index >= 15 is 0 Å². The molecular formula is C22H26O2. The molecule has 0 saturated heterocycles. The van der Waals surface area contributed by atoms with Gasteiger partial charge < -0.3 is 4.79 Å². The molecule has 0 amide bonds. The molecule has 0 aliphatic rings. The number of hydrogen-bond acceptors (Lipinski definition) is 2. The zero-order valence-corrected chi connectivity index (χ0v) is 15.2. The first-order valence-corrected chi connectivity index (χ1v) is 8.47. The van der Waals surface area contributed by atoms with E-state index in [4.69, 9.17) is 0 Å². The maximum absolute atomic E-state index is 13.2. The summed E-state index contributed by atoms with van der Waals surface area (Å²) in [5.74, 6) is -0.0892. The predicted molar refractivity (Wildman–Crippen MR) is 98.6 cm³/mol. The lowest BCUT2D eigenvalue weighted by molar-refractivity contribution is -0.117. The van der Waals surface area contributed by atoms with Gasteiger partial charge in [0.1, 0.15) is 5.78 Å². The van der Waals surface area contributed by atoms with E-state index in [-0.39, 0.29) is 23.4 Å². The molecule has 0 aromatic heterocycles. The number of carbonyl (C=O) groups is 2. The Balaban J connectivity index is 2.41. The first-order valence-electron chi connectivity index (χ1n) is 8.47. The van der Waals surface area contributed by atoms with Gasteiger partial charge in [-0.1, -0.05) is 55.0 Å². The molecule has 2 atom stereocenters. The SMILES string of the molecule is CC(=O)C[C@@H](c1ccccc1)[C@@H](C)C(=O)c1c(C)cc(C)cc1C. The molecule has 2 aromatic carbocycles. The van der Waals surface area contributed by atoms with Crippen LogP contribution < -0.4 is 0 Å². The van der Waals surface area contributed by atoms with E-state index in [2.05, 4.69) is 12.1 Å². The van der Waals surface area contributed by atoms with Crippen molar-refractivity contribution in [1.82, 2.24) is 0 Å². The highest BCUT2D eigenvalue weighted by Crippen LogP contribution is 2.32. The number of aryl methyl sites for hydroxylation is 3. The van der Waals surface area contributed by atoms with Crippen LogP contribution in [0.1, 0.15) is 58.8 Å². The molecule has 0 bridgehead atoms. The molecule has 0 N–H and O–H groups in total. The Morgan fingerprint density at radius 3 is 2.00 bits per heavy atom. The van der Waals surface area contributed by atoms with Crippen LogP contribution in [0.5, 0.6) is 0 Å². The van der Waals surface area contributed by atoms with Crippen LogP contribution in [0.2, 0.25) is 0 Å². The number of benzene rings is 2. The Morgan fingerprint density at radius 1 is 0.958 bits per heavy atom. The van der Waals surface area contributed by atoms with Crippen LogP contribution in [0, 0.1) is 26.7 Å². The van der Waals surface area contributed by atoms with Crippen LogP contribution in [0.25, 0.3) is 0 Å². The van der Waals surface area contributed by atoms with Crippen LogP contribution in [-0.4, -0.2) is 11.6 Å². The number of ketones is 2. The van der Waals surface area contributed by atoms with Crippen LogP contribution in [0.4, 0.5) is 0 Å². The minimum absolute atomic E-state index is 0.0868. The summed E-state index contributed by atoms with van der Waals surface area (Å²) in [6.07, 6.45) is 0.390. The number of Topliss-reactive ketones (excluding diaryl/α,β-unsaturated/α-hetero) is 2. The van der Waals surface area contributed by atoms with Gasteiger partial charge in [-0.05, 0) is 44.4 Å². The van der Waals surface area contributed by atoms with Gasteiger partial charge in [0.2, 0.25) is 0 Å². The predicted octanol–water partition coefficient (Wildman–Crippen LogP) is 5.19. The van der Waals surface area contributed by atoms with Gasteiger partial charge >= 0.3 is 0 Å². The molecule has 2 aromatic rings. The fourth-order valence-electron chi connectivity index (χ4n) is 3.57. The lowest BCUT2D eigenvalue weighted by Gasteiger charge is -2.24. The summed E-state index contributed by atoms with van der Waals surface area (Å²) in [6.45, 7) is 9.56. The maximum Gasteiger partial charge on any atom is 0.166 e. The summed E-state index contributed by atoms with van der Waals surface area (Å²) in [5, 5.41) is 0. The Kier molecular flexibility index (Phi) is 5.71. The van der Waals surface area contributed by atoms with Gasteiger partial charge in [-0.2, -0.15) is 0 Å². The third-order valence-electron chi connectivity index (χ3n) is 4.68. The second-order valence-corrected chi connectivity index (χ2v) is 6.85. The van der Waals surface area contributed by atoms with E-state index in [1.54, 1.807) is 6.92 Å². The molecule has 0 aliphatic carbocycles. The molecular weight excluding hydrogens is 296 g/mol. The maximum atomic E-state index is 13.2. The Labute approximate surface area is 144 Å². The highest BCUT2D eigenvalue weighted by atomic mass is 16.1. The van der Waals surface area contributed by atoms with Crippen LogP contribution >= 0.6 is 0 Å². The monoisotopic (exact) mass is 322 g/mol. The van der Waals surface area contributed by atoms with Crippen molar-refractivity contribution >= 4 is 11.6 Å². The van der Waals surface area contributed by atoms with Crippen molar-refractivity contribution in [3.8, 4) is 0 Å². The molecule has 126 valence electrons. The first-order chi connectivity index (χ1) is 11.3. The van der Waals surface area contributed by atoms with Crippen molar-refractivity contribution in [1.29, 1.82) is 0 Å². The van der Waals surface area contributed by atoms with E-state index in [0.717, 1.165) is 27.8 Å². The van der Waals surface area contributed by atoms with Gasteiger partial charge in [0, 0.05) is 23.8 Å². The summed E-state index contributed by atoms with van der Waals surface area (Å²) in [7, 11) is 0. The van der Waals surface area contributed by atoms with E-state index in [1.807, 2.05) is 58.0 Å². The molecule has 0 spiro atoms. The van der Waals surface area contributed by atoms with Gasteiger partial charge in [0.05, 0.1) is 0 Å². The molecule has 0 fully saturated rings. The standard InChI is InChI=1S/C22H26O2/c1-14-11-15(2)21(16(3)12-14)22(24)18(5)20(13-17(4)23)19-9-7-6-8-10-19/h6-12,18,20H,13H2,1-5H3/t18-,20-/m1/s1. The highest BCUT2D eigenvalue weighted by Gasteiger charge is 2.29. The molecule has 24 heavy (non-hydrogen) atoms. The second kappa shape index (κ2) is 7.57. The zero-order chi connectivity index (χ0) is 17.9. The lowest BCUT2D eigenvalue weighted by atomic mass is 9.78. The molecule has 0 saturated carbocycles. The molecule has 0 heterocycles. The van der Waals surface area contributed by atoms with E-state index in [0.29, 0.717) is 6.42 Å². The third-order valence-corrected chi connectivity index (χ3v) is 4.68. The number of rotatable bonds is 6. The van der Waals surface area contributed by atoms with Crippen molar-refractivity contribution in [2.24, 2.45) is 5.92 Å². The number of carbonyl (C=O) groups excluding carboxylic acids is 2. The minimum Gasteiger partial charge on any atom is -0.300 e. The summed E-state index contributed by atoms with van der Waals surface area (Å²) >= 11 is 0. The van der Waals surface area contributed by atoms with Crippen molar-refractivity contribution in [3.05, 3.63) is 70.3 Å². The molecule has 0 aliphatic heterocycles. The van der Waals surface area contributed by atoms with Gasteiger partial charge in [-0.15, -0.1) is 0 Å². The number of hydrogen-bond donors (Lipinski definition) is 0. The Hall–Kier alpha value is -2.22. The minimum atomic E-state index is -0.239.